The van der Waals surface area contributed by atoms with Crippen molar-refractivity contribution >= 4 is 5.91 Å². The molecule has 0 aliphatic carbocycles. The highest BCUT2D eigenvalue weighted by atomic mass is 16.1. The molecule has 60 valence electrons. The number of primary amides is 1. The van der Waals surface area contributed by atoms with Gasteiger partial charge in [0.1, 0.15) is 0 Å². The average molecular weight is 146 g/mol. The molecule has 0 unspecified atom stereocenters. The normalized spacial score (nSPS) is 13.0. The maximum atomic E-state index is 10.3. The molecule has 5 nitrogen and oxygen atoms in total. The predicted octanol–water partition coefficient (Wildman–Crippen LogP) is -1.96. The van der Waals surface area contributed by atoms with Crippen molar-refractivity contribution in [2.45, 2.75) is 18.9 Å². The second-order valence-electron chi connectivity index (χ2n) is 2.11. The Labute approximate surface area is 59.9 Å². The number of nitrogens with one attached hydrogen (secondary N) is 1. The quantitative estimate of drug-likeness (QED) is 0.205. The molecule has 0 radical (unpaired) electrons. The Morgan fingerprint density at radius 3 is 2.60 bits per heavy atom. The van der Waals surface area contributed by atoms with Crippen LogP contribution >= 0.6 is 0 Å². The van der Waals surface area contributed by atoms with Crippen LogP contribution in [0.2, 0.25) is 0 Å². The summed E-state index contributed by atoms with van der Waals surface area (Å²) >= 11 is 0. The summed E-state index contributed by atoms with van der Waals surface area (Å²) in [7, 11) is 0. The number of hydrogen-bond acceptors (Lipinski definition) is 4. The maximum absolute atomic E-state index is 10.3. The molecule has 0 aromatic heterocycles. The summed E-state index contributed by atoms with van der Waals surface area (Å²) in [5, 5.41) is 0. The van der Waals surface area contributed by atoms with E-state index in [0.717, 1.165) is 6.42 Å². The van der Waals surface area contributed by atoms with Crippen LogP contribution < -0.4 is 22.7 Å². The van der Waals surface area contributed by atoms with Crippen LogP contribution in [0.25, 0.3) is 0 Å². The lowest BCUT2D eigenvalue weighted by atomic mass is 10.1. The van der Waals surface area contributed by atoms with E-state index >= 15 is 0 Å². The highest BCUT2D eigenvalue weighted by Gasteiger charge is 2.06. The number of carbonyl (C=O) groups is 1. The Bertz CT molecular complexity index is 106. The lowest BCUT2D eigenvalue weighted by Gasteiger charge is -2.05. The van der Waals surface area contributed by atoms with E-state index in [1.54, 1.807) is 0 Å². The molecule has 0 rings (SSSR count). The third-order valence-corrected chi connectivity index (χ3v) is 1.20. The molecule has 1 atom stereocenters. The van der Waals surface area contributed by atoms with Crippen LogP contribution in [0, 0.1) is 0 Å². The smallest absolute Gasteiger partial charge is 0.234 e. The zero-order valence-electron chi connectivity index (χ0n) is 5.84. The maximum Gasteiger partial charge on any atom is 0.234 e. The van der Waals surface area contributed by atoms with Gasteiger partial charge in [-0.3, -0.25) is 16.1 Å². The summed E-state index contributed by atoms with van der Waals surface area (Å²) in [5.74, 6) is 4.52. The van der Waals surface area contributed by atoms with Gasteiger partial charge in [-0.2, -0.15) is 0 Å². The first-order chi connectivity index (χ1) is 4.68. The van der Waals surface area contributed by atoms with Crippen LogP contribution in [0.5, 0.6) is 0 Å². The van der Waals surface area contributed by atoms with E-state index in [1.165, 1.54) is 0 Å². The van der Waals surface area contributed by atoms with Gasteiger partial charge in [-0.1, -0.05) is 0 Å². The van der Waals surface area contributed by atoms with Crippen LogP contribution in [-0.4, -0.2) is 18.5 Å². The first kappa shape index (κ1) is 9.35. The molecule has 0 fully saturated rings. The lowest BCUT2D eigenvalue weighted by molar-refractivity contribution is -0.119. The second-order valence-corrected chi connectivity index (χ2v) is 2.11. The monoisotopic (exact) mass is 146 g/mol. The summed E-state index contributed by atoms with van der Waals surface area (Å²) in [6.45, 7) is 0.654. The Hall–Kier alpha value is -0.650. The average Bonchev–Trinajstić information content (AvgIpc) is 1.88. The van der Waals surface area contributed by atoms with Crippen LogP contribution in [0.1, 0.15) is 12.8 Å². The molecule has 0 aliphatic heterocycles. The number of carbonyl (C=O) groups excluding carboxylic acids is 1. The van der Waals surface area contributed by atoms with Crippen molar-refractivity contribution in [1.82, 2.24) is 5.43 Å². The molecule has 0 heterocycles. The molecular weight excluding hydrogens is 132 g/mol. The van der Waals surface area contributed by atoms with Crippen molar-refractivity contribution in [2.24, 2.45) is 17.3 Å². The molecule has 0 spiro atoms. The minimum atomic E-state index is -0.534. The highest BCUT2D eigenvalue weighted by molar-refractivity contribution is 5.79. The van der Waals surface area contributed by atoms with E-state index in [9.17, 15) is 4.79 Å². The van der Waals surface area contributed by atoms with Gasteiger partial charge in [0.05, 0.1) is 6.04 Å². The van der Waals surface area contributed by atoms with Crippen molar-refractivity contribution in [3.05, 3.63) is 0 Å². The molecule has 1 amide bonds. The van der Waals surface area contributed by atoms with E-state index in [0.29, 0.717) is 13.0 Å². The first-order valence-corrected chi connectivity index (χ1v) is 3.17. The van der Waals surface area contributed by atoms with Gasteiger partial charge >= 0.3 is 0 Å². The van der Waals surface area contributed by atoms with Crippen molar-refractivity contribution < 1.29 is 4.79 Å². The molecule has 0 saturated carbocycles. The molecule has 0 aromatic carbocycles. The van der Waals surface area contributed by atoms with E-state index in [2.05, 4.69) is 5.43 Å². The van der Waals surface area contributed by atoms with Crippen LogP contribution in [0.4, 0.5) is 0 Å². The van der Waals surface area contributed by atoms with Gasteiger partial charge in [0.25, 0.3) is 0 Å². The molecule has 0 bridgehead atoms. The van der Waals surface area contributed by atoms with Gasteiger partial charge in [0.2, 0.25) is 5.91 Å². The van der Waals surface area contributed by atoms with Crippen LogP contribution in [-0.2, 0) is 4.79 Å². The zero-order chi connectivity index (χ0) is 7.98. The second kappa shape index (κ2) is 5.16. The molecule has 0 aliphatic rings. The summed E-state index contributed by atoms with van der Waals surface area (Å²) in [6.07, 6.45) is 1.35. The molecule has 5 heteroatoms. The molecular formula is C5H14N4O. The van der Waals surface area contributed by atoms with Crippen molar-refractivity contribution in [3.63, 3.8) is 0 Å². The number of hydrazine groups is 1. The van der Waals surface area contributed by atoms with E-state index in [4.69, 9.17) is 17.3 Å². The minimum absolute atomic E-state index is 0.461. The summed E-state index contributed by atoms with van der Waals surface area (Å²) in [5.41, 5.74) is 12.7. The SMILES string of the molecule is NNCCC[C@@H](N)C(N)=O. The van der Waals surface area contributed by atoms with Crippen molar-refractivity contribution in [1.29, 1.82) is 0 Å². The van der Waals surface area contributed by atoms with Gasteiger partial charge < -0.3 is 11.5 Å². The first-order valence-electron chi connectivity index (χ1n) is 3.17. The highest BCUT2D eigenvalue weighted by Crippen LogP contribution is 1.90. The topological polar surface area (TPSA) is 107 Å². The van der Waals surface area contributed by atoms with Gasteiger partial charge in [-0.05, 0) is 12.8 Å². The fourth-order valence-electron chi connectivity index (χ4n) is 0.566. The van der Waals surface area contributed by atoms with E-state index in [-0.39, 0.29) is 0 Å². The molecule has 0 aromatic rings. The van der Waals surface area contributed by atoms with Crippen molar-refractivity contribution in [2.75, 3.05) is 6.54 Å². The Morgan fingerprint density at radius 2 is 2.20 bits per heavy atom. The van der Waals surface area contributed by atoms with Gasteiger partial charge in [0.15, 0.2) is 0 Å². The molecule has 7 N–H and O–H groups in total. The number of amides is 1. The predicted molar refractivity (Wildman–Crippen MR) is 38.6 cm³/mol. The van der Waals surface area contributed by atoms with E-state index < -0.39 is 11.9 Å². The summed E-state index contributed by atoms with van der Waals surface area (Å²) in [4.78, 5) is 10.3. The van der Waals surface area contributed by atoms with E-state index in [1.807, 2.05) is 0 Å². The van der Waals surface area contributed by atoms with Crippen molar-refractivity contribution in [3.8, 4) is 0 Å². The summed E-state index contributed by atoms with van der Waals surface area (Å²) < 4.78 is 0. The zero-order valence-corrected chi connectivity index (χ0v) is 5.84. The Balaban J connectivity index is 3.21. The number of hydrogen-bond donors (Lipinski definition) is 4. The molecule has 10 heavy (non-hydrogen) atoms. The number of rotatable bonds is 5. The van der Waals surface area contributed by atoms with Crippen LogP contribution in [0.3, 0.4) is 0 Å². The summed E-state index contributed by atoms with van der Waals surface area (Å²) in [6, 6.07) is -0.534. The van der Waals surface area contributed by atoms with Crippen LogP contribution in [0.15, 0.2) is 0 Å². The Kier molecular flexibility index (Phi) is 4.82. The Morgan fingerprint density at radius 1 is 1.60 bits per heavy atom. The van der Waals surface area contributed by atoms with Gasteiger partial charge in [-0.15, -0.1) is 0 Å². The third-order valence-electron chi connectivity index (χ3n) is 1.20. The fraction of sp³-hybridized carbons (Fsp3) is 0.800. The van der Waals surface area contributed by atoms with Gasteiger partial charge in [0, 0.05) is 6.54 Å². The fourth-order valence-corrected chi connectivity index (χ4v) is 0.566. The standard InChI is InChI=1S/C5H14N4O/c6-4(5(7)10)2-1-3-9-8/h4,9H,1-3,6,8H2,(H2,7,10)/t4-/m1/s1. The lowest BCUT2D eigenvalue weighted by Crippen LogP contribution is -2.37. The minimum Gasteiger partial charge on any atom is -0.368 e. The van der Waals surface area contributed by atoms with Gasteiger partial charge in [-0.25, -0.2) is 0 Å². The molecule has 0 saturated heterocycles. The largest absolute Gasteiger partial charge is 0.368 e. The number of nitrogens with two attached hydrogens (primary N) is 3. The third kappa shape index (κ3) is 4.25.